The molecule has 0 fully saturated rings. The van der Waals surface area contributed by atoms with Gasteiger partial charge in [-0.1, -0.05) is 11.6 Å². The number of hydrogen-bond acceptors (Lipinski definition) is 4. The fourth-order valence-electron chi connectivity index (χ4n) is 2.73. The average molecular weight is 448 g/mol. The molecule has 0 spiro atoms. The molecule has 0 aromatic carbocycles. The van der Waals surface area contributed by atoms with Gasteiger partial charge in [0.05, 0.1) is 17.3 Å². The average Bonchev–Trinajstić information content (AvgIpc) is 3.39. The predicted octanol–water partition coefficient (Wildman–Crippen LogP) is 4.38. The number of carbonyl (C=O) groups is 1. The maximum absolute atomic E-state index is 13.0. The summed E-state index contributed by atoms with van der Waals surface area (Å²) in [5, 5.41) is 10.9. The third kappa shape index (κ3) is 5.21. The van der Waals surface area contributed by atoms with E-state index in [1.807, 2.05) is 0 Å². The highest BCUT2D eigenvalue weighted by Crippen LogP contribution is 2.26. The summed E-state index contributed by atoms with van der Waals surface area (Å²) >= 11 is 5.93. The lowest BCUT2D eigenvalue weighted by molar-refractivity contribution is 0.0922. The number of rotatable bonds is 9. The van der Waals surface area contributed by atoms with Crippen LogP contribution in [0.2, 0.25) is 5.02 Å². The van der Waals surface area contributed by atoms with Gasteiger partial charge in [0.15, 0.2) is 5.76 Å². The van der Waals surface area contributed by atoms with Gasteiger partial charge in [0.25, 0.3) is 18.8 Å². The highest BCUT2D eigenvalue weighted by molar-refractivity contribution is 6.31. The molecule has 0 atom stereocenters. The maximum Gasteiger partial charge on any atom is 0.286 e. The summed E-state index contributed by atoms with van der Waals surface area (Å²) in [5.74, 6) is -0.380. The van der Waals surface area contributed by atoms with Crippen LogP contribution in [0.25, 0.3) is 0 Å². The Hall–Kier alpha value is -2.82. The van der Waals surface area contributed by atoms with Crippen molar-refractivity contribution in [1.82, 2.24) is 24.9 Å². The zero-order valence-electron chi connectivity index (χ0n) is 15.8. The van der Waals surface area contributed by atoms with Gasteiger partial charge in [-0.3, -0.25) is 14.2 Å². The van der Waals surface area contributed by atoms with Gasteiger partial charge in [-0.05, 0) is 31.5 Å². The molecule has 0 saturated heterocycles. The van der Waals surface area contributed by atoms with Gasteiger partial charge >= 0.3 is 0 Å². The lowest BCUT2D eigenvalue weighted by atomic mass is 10.3. The van der Waals surface area contributed by atoms with Crippen molar-refractivity contribution in [2.24, 2.45) is 0 Å². The first kappa shape index (κ1) is 21.9. The molecule has 3 aromatic rings. The topological polar surface area (TPSA) is 77.9 Å². The van der Waals surface area contributed by atoms with E-state index in [9.17, 15) is 22.4 Å². The lowest BCUT2D eigenvalue weighted by Crippen LogP contribution is -2.24. The highest BCUT2D eigenvalue weighted by atomic mass is 35.5. The van der Waals surface area contributed by atoms with Crippen molar-refractivity contribution in [3.63, 3.8) is 0 Å². The molecule has 3 rings (SSSR count). The van der Waals surface area contributed by atoms with Crippen LogP contribution in [0.4, 0.5) is 17.6 Å². The van der Waals surface area contributed by atoms with E-state index in [0.717, 1.165) is 10.4 Å². The predicted molar refractivity (Wildman–Crippen MR) is 98.9 cm³/mol. The Bertz CT molecular complexity index is 995. The number of halogens is 5. The zero-order valence-corrected chi connectivity index (χ0v) is 16.5. The molecule has 3 aromatic heterocycles. The highest BCUT2D eigenvalue weighted by Gasteiger charge is 2.22. The normalized spacial score (nSPS) is 11.6. The second-order valence-corrected chi connectivity index (χ2v) is 6.86. The number of aromatic nitrogens is 4. The van der Waals surface area contributed by atoms with Crippen molar-refractivity contribution in [2.45, 2.75) is 39.3 Å². The van der Waals surface area contributed by atoms with Crippen molar-refractivity contribution in [3.8, 4) is 0 Å². The number of aryl methyl sites for hydroxylation is 2. The number of nitrogens with one attached hydrogen (secondary N) is 1. The van der Waals surface area contributed by atoms with E-state index >= 15 is 0 Å². The first-order valence-corrected chi connectivity index (χ1v) is 9.32. The fourth-order valence-corrected chi connectivity index (χ4v) is 2.88. The van der Waals surface area contributed by atoms with E-state index in [2.05, 4.69) is 15.5 Å². The fraction of sp³-hybridized carbons (Fsp3) is 0.389. The van der Waals surface area contributed by atoms with Gasteiger partial charge in [-0.2, -0.15) is 10.2 Å². The summed E-state index contributed by atoms with van der Waals surface area (Å²) < 4.78 is 59.3. The van der Waals surface area contributed by atoms with Crippen molar-refractivity contribution in [2.75, 3.05) is 6.54 Å². The number of furan rings is 1. The number of hydrogen-bond donors (Lipinski definition) is 1. The van der Waals surface area contributed by atoms with Crippen LogP contribution in [0.1, 0.15) is 52.7 Å². The molecule has 0 saturated carbocycles. The second-order valence-electron chi connectivity index (χ2n) is 6.45. The SMILES string of the molecule is Cc1nn(CCCNC(=O)c2ccc(Cn3nc(C(F)F)cc3C(F)F)o2)cc1Cl. The third-order valence-corrected chi connectivity index (χ3v) is 4.58. The van der Waals surface area contributed by atoms with Crippen molar-refractivity contribution < 1.29 is 26.8 Å². The van der Waals surface area contributed by atoms with Crippen LogP contribution in [0.5, 0.6) is 0 Å². The smallest absolute Gasteiger partial charge is 0.286 e. The van der Waals surface area contributed by atoms with Crippen LogP contribution in [0.3, 0.4) is 0 Å². The summed E-state index contributed by atoms with van der Waals surface area (Å²) in [7, 11) is 0. The van der Waals surface area contributed by atoms with E-state index in [-0.39, 0.29) is 18.1 Å². The molecule has 0 radical (unpaired) electrons. The van der Waals surface area contributed by atoms with Crippen molar-refractivity contribution in [3.05, 3.63) is 58.0 Å². The zero-order chi connectivity index (χ0) is 21.8. The first-order valence-electron chi connectivity index (χ1n) is 8.95. The van der Waals surface area contributed by atoms with E-state index in [4.69, 9.17) is 16.0 Å². The molecule has 1 N–H and O–H groups in total. The number of carbonyl (C=O) groups excluding carboxylic acids is 1. The minimum atomic E-state index is -2.98. The van der Waals surface area contributed by atoms with E-state index in [1.165, 1.54) is 12.1 Å². The van der Waals surface area contributed by atoms with Crippen LogP contribution in [0.15, 0.2) is 28.8 Å². The van der Waals surface area contributed by atoms with Crippen LogP contribution in [-0.2, 0) is 13.1 Å². The van der Waals surface area contributed by atoms with Crippen LogP contribution in [-0.4, -0.2) is 32.0 Å². The van der Waals surface area contributed by atoms with Crippen LogP contribution >= 0.6 is 11.6 Å². The Morgan fingerprint density at radius 2 is 2.00 bits per heavy atom. The molecule has 0 aliphatic carbocycles. The minimum absolute atomic E-state index is 0.0252. The molecule has 3 heterocycles. The van der Waals surface area contributed by atoms with Crippen LogP contribution < -0.4 is 5.32 Å². The number of amides is 1. The Morgan fingerprint density at radius 3 is 2.63 bits per heavy atom. The van der Waals surface area contributed by atoms with E-state index < -0.39 is 30.1 Å². The van der Waals surface area contributed by atoms with Gasteiger partial charge in [0.1, 0.15) is 17.1 Å². The largest absolute Gasteiger partial charge is 0.454 e. The monoisotopic (exact) mass is 447 g/mol. The summed E-state index contributed by atoms with van der Waals surface area (Å²) in [6, 6.07) is 3.43. The van der Waals surface area contributed by atoms with Gasteiger partial charge in [-0.25, -0.2) is 17.6 Å². The molecule has 162 valence electrons. The van der Waals surface area contributed by atoms with E-state index in [1.54, 1.807) is 17.8 Å². The molecule has 0 aliphatic heterocycles. The van der Waals surface area contributed by atoms with Gasteiger partial charge in [0.2, 0.25) is 0 Å². The minimum Gasteiger partial charge on any atom is -0.454 e. The Kier molecular flexibility index (Phi) is 6.80. The first-order chi connectivity index (χ1) is 14.2. The molecule has 0 aliphatic rings. The molecule has 30 heavy (non-hydrogen) atoms. The summed E-state index contributed by atoms with van der Waals surface area (Å²) in [4.78, 5) is 12.2. The maximum atomic E-state index is 13.0. The quantitative estimate of drug-likeness (QED) is 0.390. The number of nitrogens with zero attached hydrogens (tertiary/aromatic N) is 4. The van der Waals surface area contributed by atoms with Crippen molar-refractivity contribution in [1.29, 1.82) is 0 Å². The molecular weight excluding hydrogens is 430 g/mol. The second kappa shape index (κ2) is 9.33. The van der Waals surface area contributed by atoms with Gasteiger partial charge < -0.3 is 9.73 Å². The molecule has 0 bridgehead atoms. The standard InChI is InChI=1S/C18H18ClF4N5O2/c1-10-12(19)9-27(25-10)6-2-5-24-18(29)15-4-3-11(30-15)8-28-14(17(22)23)7-13(26-28)16(20)21/h3-4,7,9,16-17H,2,5-6,8H2,1H3,(H,24,29). The molecular formula is C18H18ClF4N5O2. The third-order valence-electron chi connectivity index (χ3n) is 4.20. The summed E-state index contributed by atoms with van der Waals surface area (Å²) in [6.07, 6.45) is -3.66. The Labute approximate surface area is 173 Å². The molecule has 12 heteroatoms. The van der Waals surface area contributed by atoms with Gasteiger partial charge in [0, 0.05) is 19.3 Å². The van der Waals surface area contributed by atoms with Crippen molar-refractivity contribution >= 4 is 17.5 Å². The Balaban J connectivity index is 1.55. The molecule has 0 unspecified atom stereocenters. The Morgan fingerprint density at radius 1 is 1.23 bits per heavy atom. The van der Waals surface area contributed by atoms with Crippen LogP contribution in [0, 0.1) is 6.92 Å². The summed E-state index contributed by atoms with van der Waals surface area (Å²) in [6.45, 7) is 2.38. The summed E-state index contributed by atoms with van der Waals surface area (Å²) in [5.41, 5.74) is -0.679. The van der Waals surface area contributed by atoms with Gasteiger partial charge in [-0.15, -0.1) is 0 Å². The molecule has 7 nitrogen and oxygen atoms in total. The van der Waals surface area contributed by atoms with E-state index in [0.29, 0.717) is 30.6 Å². The number of alkyl halides is 4. The molecule has 1 amide bonds. The lowest BCUT2D eigenvalue weighted by Gasteiger charge is -2.05.